The van der Waals surface area contributed by atoms with Crippen LogP contribution in [0, 0.1) is 5.41 Å². The molecule has 0 aromatic rings. The van der Waals surface area contributed by atoms with Gasteiger partial charge in [0.1, 0.15) is 6.61 Å². The molecule has 6 nitrogen and oxygen atoms in total. The first-order valence-electron chi connectivity index (χ1n) is 9.35. The number of esters is 2. The maximum absolute atomic E-state index is 11.5. The van der Waals surface area contributed by atoms with Crippen molar-refractivity contribution < 1.29 is 28.9 Å². The molecule has 0 rings (SSSR count). The standard InChI is InChI=1S/C19H36O6/c1-19(2,3)16-23-14-15-25-18(22)11-7-6-10-17(21)24-13-9-5-4-8-12-20/h20H,4-16H2,1-3H3. The Labute approximate surface area is 152 Å². The van der Waals surface area contributed by atoms with Crippen LogP contribution in [-0.4, -0.2) is 50.1 Å². The van der Waals surface area contributed by atoms with Gasteiger partial charge >= 0.3 is 11.9 Å². The summed E-state index contributed by atoms with van der Waals surface area (Å²) in [6.07, 6.45) is 5.43. The Morgan fingerprint density at radius 2 is 1.32 bits per heavy atom. The highest BCUT2D eigenvalue weighted by Gasteiger charge is 2.10. The van der Waals surface area contributed by atoms with Gasteiger partial charge in [-0.2, -0.15) is 0 Å². The molecule has 0 aliphatic carbocycles. The third-order valence-electron chi connectivity index (χ3n) is 3.35. The molecule has 0 saturated carbocycles. The molecular weight excluding hydrogens is 324 g/mol. The largest absolute Gasteiger partial charge is 0.466 e. The second kappa shape index (κ2) is 15.1. The predicted octanol–water partition coefficient (Wildman–Crippen LogP) is 3.25. The predicted molar refractivity (Wildman–Crippen MR) is 96.2 cm³/mol. The second-order valence-electron chi connectivity index (χ2n) is 7.40. The van der Waals surface area contributed by atoms with Crippen molar-refractivity contribution in [3.63, 3.8) is 0 Å². The van der Waals surface area contributed by atoms with Crippen molar-refractivity contribution in [3.8, 4) is 0 Å². The second-order valence-corrected chi connectivity index (χ2v) is 7.40. The Bertz CT molecular complexity index is 348. The van der Waals surface area contributed by atoms with E-state index in [1.165, 1.54) is 0 Å². The molecule has 0 amide bonds. The van der Waals surface area contributed by atoms with Crippen LogP contribution in [-0.2, 0) is 23.8 Å². The van der Waals surface area contributed by atoms with E-state index in [0.29, 0.717) is 45.5 Å². The number of hydrogen-bond acceptors (Lipinski definition) is 6. The quantitative estimate of drug-likeness (QED) is 0.357. The fourth-order valence-electron chi connectivity index (χ4n) is 2.03. The molecule has 0 aromatic heterocycles. The molecular formula is C19H36O6. The van der Waals surface area contributed by atoms with Crippen LogP contribution in [0.25, 0.3) is 0 Å². The van der Waals surface area contributed by atoms with Crippen molar-refractivity contribution >= 4 is 11.9 Å². The number of aliphatic hydroxyl groups is 1. The molecule has 0 bridgehead atoms. The van der Waals surface area contributed by atoms with Gasteiger partial charge in [0.05, 0.1) is 19.8 Å². The fraction of sp³-hybridized carbons (Fsp3) is 0.895. The molecule has 0 fully saturated rings. The van der Waals surface area contributed by atoms with Crippen molar-refractivity contribution in [3.05, 3.63) is 0 Å². The number of carbonyl (C=O) groups is 2. The molecule has 25 heavy (non-hydrogen) atoms. The molecule has 0 radical (unpaired) electrons. The lowest BCUT2D eigenvalue weighted by molar-refractivity contribution is -0.147. The Morgan fingerprint density at radius 3 is 1.88 bits per heavy atom. The average molecular weight is 360 g/mol. The van der Waals surface area contributed by atoms with E-state index in [0.717, 1.165) is 25.7 Å². The van der Waals surface area contributed by atoms with Crippen LogP contribution in [0.4, 0.5) is 0 Å². The SMILES string of the molecule is CC(C)(C)COCCOC(=O)CCCCC(=O)OCCCCCCO. The van der Waals surface area contributed by atoms with E-state index >= 15 is 0 Å². The Kier molecular flexibility index (Phi) is 14.5. The summed E-state index contributed by atoms with van der Waals surface area (Å²) in [5.74, 6) is -0.470. The molecule has 0 aliphatic heterocycles. The van der Waals surface area contributed by atoms with Gasteiger partial charge in [0, 0.05) is 19.4 Å². The van der Waals surface area contributed by atoms with Crippen molar-refractivity contribution in [1.82, 2.24) is 0 Å². The summed E-state index contributed by atoms with van der Waals surface area (Å²) in [6, 6.07) is 0. The van der Waals surface area contributed by atoms with E-state index in [2.05, 4.69) is 20.8 Å². The summed E-state index contributed by atoms with van der Waals surface area (Å²) in [7, 11) is 0. The lowest BCUT2D eigenvalue weighted by Crippen LogP contribution is -2.18. The van der Waals surface area contributed by atoms with Crippen LogP contribution in [0.3, 0.4) is 0 Å². The number of unbranched alkanes of at least 4 members (excludes halogenated alkanes) is 4. The summed E-state index contributed by atoms with van der Waals surface area (Å²) in [6.45, 7) is 8.21. The fourth-order valence-corrected chi connectivity index (χ4v) is 2.03. The Hall–Kier alpha value is -1.14. The molecule has 0 unspecified atom stereocenters. The van der Waals surface area contributed by atoms with E-state index in [1.807, 2.05) is 0 Å². The highest BCUT2D eigenvalue weighted by Crippen LogP contribution is 2.12. The lowest BCUT2D eigenvalue weighted by Gasteiger charge is -2.17. The zero-order chi connectivity index (χ0) is 19.0. The van der Waals surface area contributed by atoms with E-state index in [4.69, 9.17) is 19.3 Å². The van der Waals surface area contributed by atoms with E-state index in [1.54, 1.807) is 0 Å². The summed E-state index contributed by atoms with van der Waals surface area (Å²) in [5.41, 5.74) is 0.109. The van der Waals surface area contributed by atoms with Gasteiger partial charge in [-0.25, -0.2) is 0 Å². The van der Waals surface area contributed by atoms with Crippen LogP contribution in [0.5, 0.6) is 0 Å². The van der Waals surface area contributed by atoms with Crippen molar-refractivity contribution in [1.29, 1.82) is 0 Å². The third-order valence-corrected chi connectivity index (χ3v) is 3.35. The summed E-state index contributed by atoms with van der Waals surface area (Å²) in [4.78, 5) is 23.0. The number of aliphatic hydroxyl groups excluding tert-OH is 1. The van der Waals surface area contributed by atoms with Gasteiger partial charge in [0.25, 0.3) is 0 Å². The number of carbonyl (C=O) groups excluding carboxylic acids is 2. The minimum absolute atomic E-state index is 0.109. The molecule has 0 aliphatic rings. The molecule has 0 aromatic carbocycles. The minimum atomic E-state index is -0.253. The zero-order valence-electron chi connectivity index (χ0n) is 16.2. The van der Waals surface area contributed by atoms with Gasteiger partial charge in [0.2, 0.25) is 0 Å². The van der Waals surface area contributed by atoms with Crippen molar-refractivity contribution in [2.24, 2.45) is 5.41 Å². The van der Waals surface area contributed by atoms with Gasteiger partial charge in [-0.1, -0.05) is 27.2 Å². The Balaban J connectivity index is 3.39. The molecule has 0 spiro atoms. The van der Waals surface area contributed by atoms with Gasteiger partial charge in [-0.3, -0.25) is 9.59 Å². The number of hydrogen-bond donors (Lipinski definition) is 1. The van der Waals surface area contributed by atoms with Crippen LogP contribution in [0.15, 0.2) is 0 Å². The summed E-state index contributed by atoms with van der Waals surface area (Å²) in [5, 5.41) is 8.65. The van der Waals surface area contributed by atoms with E-state index in [9.17, 15) is 9.59 Å². The van der Waals surface area contributed by atoms with Crippen LogP contribution in [0.1, 0.15) is 72.1 Å². The highest BCUT2D eigenvalue weighted by molar-refractivity contribution is 5.70. The molecule has 0 atom stereocenters. The lowest BCUT2D eigenvalue weighted by atomic mass is 9.99. The van der Waals surface area contributed by atoms with E-state index < -0.39 is 0 Å². The normalized spacial score (nSPS) is 11.4. The third kappa shape index (κ3) is 19.0. The first-order chi connectivity index (χ1) is 11.8. The van der Waals surface area contributed by atoms with Gasteiger partial charge in [0.15, 0.2) is 0 Å². The smallest absolute Gasteiger partial charge is 0.305 e. The van der Waals surface area contributed by atoms with E-state index in [-0.39, 0.29) is 30.6 Å². The first-order valence-corrected chi connectivity index (χ1v) is 9.35. The molecule has 0 saturated heterocycles. The maximum Gasteiger partial charge on any atom is 0.305 e. The molecule has 6 heteroatoms. The van der Waals surface area contributed by atoms with Crippen molar-refractivity contribution in [2.75, 3.05) is 33.0 Å². The van der Waals surface area contributed by atoms with Gasteiger partial charge in [-0.05, 0) is 37.5 Å². The zero-order valence-corrected chi connectivity index (χ0v) is 16.2. The molecule has 0 heterocycles. The Morgan fingerprint density at radius 1 is 0.760 bits per heavy atom. The average Bonchev–Trinajstić information content (AvgIpc) is 2.53. The molecule has 1 N–H and O–H groups in total. The maximum atomic E-state index is 11.5. The first kappa shape index (κ1) is 23.9. The molecule has 148 valence electrons. The summed E-state index contributed by atoms with van der Waals surface area (Å²) < 4.78 is 15.6. The highest BCUT2D eigenvalue weighted by atomic mass is 16.6. The number of rotatable bonds is 15. The summed E-state index contributed by atoms with van der Waals surface area (Å²) >= 11 is 0. The van der Waals surface area contributed by atoms with Gasteiger partial charge in [-0.15, -0.1) is 0 Å². The van der Waals surface area contributed by atoms with Crippen LogP contribution in [0.2, 0.25) is 0 Å². The van der Waals surface area contributed by atoms with Crippen LogP contribution >= 0.6 is 0 Å². The number of ether oxygens (including phenoxy) is 3. The topological polar surface area (TPSA) is 82.1 Å². The van der Waals surface area contributed by atoms with Crippen molar-refractivity contribution in [2.45, 2.75) is 72.1 Å². The monoisotopic (exact) mass is 360 g/mol. The van der Waals surface area contributed by atoms with Crippen LogP contribution < -0.4 is 0 Å². The van der Waals surface area contributed by atoms with Gasteiger partial charge < -0.3 is 19.3 Å². The minimum Gasteiger partial charge on any atom is -0.466 e.